The number of fused-ring (bicyclic) bond motifs is 1. The highest BCUT2D eigenvalue weighted by Gasteiger charge is 2.17. The van der Waals surface area contributed by atoms with Crippen molar-refractivity contribution in [3.63, 3.8) is 0 Å². The Morgan fingerprint density at radius 3 is 2.30 bits per heavy atom. The second kappa shape index (κ2) is 8.83. The molecule has 7 heteroatoms. The molecule has 0 aliphatic rings. The molecule has 3 aromatic carbocycles. The minimum atomic E-state index is -3.78. The normalized spacial score (nSPS) is 12.5. The summed E-state index contributed by atoms with van der Waals surface area (Å²) in [6, 6.07) is 21.0. The van der Waals surface area contributed by atoms with Crippen LogP contribution in [0.3, 0.4) is 0 Å². The minimum Gasteiger partial charge on any atom is -0.342 e. The lowest BCUT2D eigenvalue weighted by molar-refractivity contribution is 0.580. The number of halogens is 1. The Labute approximate surface area is 193 Å². The first-order valence-corrected chi connectivity index (χ1v) is 12.1. The van der Waals surface area contributed by atoms with Crippen LogP contribution in [0.15, 0.2) is 89.0 Å². The number of aromatic nitrogens is 1. The summed E-state index contributed by atoms with van der Waals surface area (Å²) in [5, 5.41) is 4.96. The first kappa shape index (κ1) is 22.7. The Kier molecular flexibility index (Phi) is 6.08. The van der Waals surface area contributed by atoms with Gasteiger partial charge < -0.3 is 4.57 Å². The van der Waals surface area contributed by atoms with Crippen molar-refractivity contribution in [1.82, 2.24) is 9.40 Å². The van der Waals surface area contributed by atoms with E-state index in [1.165, 1.54) is 18.3 Å². The van der Waals surface area contributed by atoms with Gasteiger partial charge in [0.15, 0.2) is 0 Å². The van der Waals surface area contributed by atoms with E-state index in [4.69, 9.17) is 0 Å². The van der Waals surface area contributed by atoms with Gasteiger partial charge in [-0.1, -0.05) is 63.2 Å². The predicted octanol–water partition coefficient (Wildman–Crippen LogP) is 5.44. The van der Waals surface area contributed by atoms with Gasteiger partial charge in [0.2, 0.25) is 0 Å². The van der Waals surface area contributed by atoms with Crippen molar-refractivity contribution in [3.05, 3.63) is 102 Å². The molecule has 0 spiro atoms. The molecule has 1 heterocycles. The number of sulfonamides is 1. The first-order chi connectivity index (χ1) is 15.6. The molecule has 0 aliphatic carbocycles. The maximum Gasteiger partial charge on any atom is 0.276 e. The van der Waals surface area contributed by atoms with Gasteiger partial charge in [0, 0.05) is 29.2 Å². The molecule has 1 aromatic heterocycles. The highest BCUT2D eigenvalue weighted by atomic mass is 32.2. The van der Waals surface area contributed by atoms with E-state index >= 15 is 0 Å². The zero-order valence-electron chi connectivity index (χ0n) is 18.8. The fraction of sp³-hybridized carbons (Fsp3) is 0.192. The molecule has 0 aliphatic heterocycles. The number of rotatable bonds is 6. The third-order valence-electron chi connectivity index (χ3n) is 5.49. The van der Waals surface area contributed by atoms with Crippen LogP contribution in [-0.4, -0.2) is 19.2 Å². The van der Waals surface area contributed by atoms with Gasteiger partial charge in [-0.15, -0.1) is 0 Å². The Morgan fingerprint density at radius 1 is 0.970 bits per heavy atom. The third kappa shape index (κ3) is 5.14. The van der Waals surface area contributed by atoms with Crippen molar-refractivity contribution in [2.24, 2.45) is 5.10 Å². The summed E-state index contributed by atoms with van der Waals surface area (Å²) < 4.78 is 40.6. The van der Waals surface area contributed by atoms with E-state index in [2.05, 4.69) is 30.7 Å². The number of hydrogen-bond donors (Lipinski definition) is 1. The van der Waals surface area contributed by atoms with Crippen molar-refractivity contribution in [2.45, 2.75) is 37.6 Å². The van der Waals surface area contributed by atoms with E-state index in [0.717, 1.165) is 27.6 Å². The fourth-order valence-corrected chi connectivity index (χ4v) is 4.44. The van der Waals surface area contributed by atoms with Crippen molar-refractivity contribution in [1.29, 1.82) is 0 Å². The lowest BCUT2D eigenvalue weighted by Crippen LogP contribution is -2.19. The van der Waals surface area contributed by atoms with Gasteiger partial charge in [-0.25, -0.2) is 9.22 Å². The average Bonchev–Trinajstić information content (AvgIpc) is 3.12. The molecule has 0 unspecified atom stereocenters. The molecule has 1 N–H and O–H groups in total. The Balaban J connectivity index is 1.56. The molecule has 0 radical (unpaired) electrons. The van der Waals surface area contributed by atoms with Gasteiger partial charge in [0.1, 0.15) is 5.82 Å². The summed E-state index contributed by atoms with van der Waals surface area (Å²) in [5.74, 6) is -0.274. The van der Waals surface area contributed by atoms with Crippen LogP contribution < -0.4 is 4.83 Å². The number of hydrazone groups is 1. The van der Waals surface area contributed by atoms with Crippen LogP contribution in [0.25, 0.3) is 10.9 Å². The summed E-state index contributed by atoms with van der Waals surface area (Å²) in [6.45, 7) is 6.78. The number of benzene rings is 3. The van der Waals surface area contributed by atoms with Crippen molar-refractivity contribution in [3.8, 4) is 0 Å². The van der Waals surface area contributed by atoms with E-state index in [0.29, 0.717) is 6.54 Å². The smallest absolute Gasteiger partial charge is 0.276 e. The number of hydrogen-bond acceptors (Lipinski definition) is 3. The van der Waals surface area contributed by atoms with Gasteiger partial charge in [-0.3, -0.25) is 0 Å². The summed E-state index contributed by atoms with van der Waals surface area (Å²) in [6.07, 6.45) is 3.41. The summed E-state index contributed by atoms with van der Waals surface area (Å²) >= 11 is 0. The van der Waals surface area contributed by atoms with Crippen LogP contribution in [0, 0.1) is 5.82 Å². The second-order valence-corrected chi connectivity index (χ2v) is 10.6. The zero-order chi connectivity index (χ0) is 23.6. The Bertz CT molecular complexity index is 1400. The molecular formula is C26H26FN3O2S. The van der Waals surface area contributed by atoms with Crippen LogP contribution >= 0.6 is 0 Å². The van der Waals surface area contributed by atoms with E-state index in [-0.39, 0.29) is 16.1 Å². The zero-order valence-corrected chi connectivity index (χ0v) is 19.6. The molecule has 0 amide bonds. The van der Waals surface area contributed by atoms with E-state index < -0.39 is 10.0 Å². The maximum atomic E-state index is 13.2. The van der Waals surface area contributed by atoms with Crippen LogP contribution in [0.5, 0.6) is 0 Å². The highest BCUT2D eigenvalue weighted by Crippen LogP contribution is 2.24. The van der Waals surface area contributed by atoms with Gasteiger partial charge in [0.05, 0.1) is 11.1 Å². The van der Waals surface area contributed by atoms with Crippen LogP contribution in [-0.2, 0) is 22.0 Å². The Morgan fingerprint density at radius 2 is 1.64 bits per heavy atom. The molecule has 0 bridgehead atoms. The Hall–Kier alpha value is -3.45. The monoisotopic (exact) mass is 463 g/mol. The van der Waals surface area contributed by atoms with Gasteiger partial charge >= 0.3 is 0 Å². The third-order valence-corrected chi connectivity index (χ3v) is 6.73. The van der Waals surface area contributed by atoms with E-state index in [9.17, 15) is 12.8 Å². The minimum absolute atomic E-state index is 0.0595. The lowest BCUT2D eigenvalue weighted by Gasteiger charge is -2.19. The number of nitrogens with zero attached hydrogens (tertiary/aromatic N) is 2. The van der Waals surface area contributed by atoms with Crippen molar-refractivity contribution >= 4 is 27.1 Å². The lowest BCUT2D eigenvalue weighted by atomic mass is 9.87. The SMILES string of the molecule is CC(C)(C)c1ccc(S(=O)(=O)N/N=C/c2cn(Cc3ccc(F)cc3)c3ccccc23)cc1. The van der Waals surface area contributed by atoms with Gasteiger partial charge in [0.25, 0.3) is 10.0 Å². The number of nitrogens with one attached hydrogen (secondary N) is 1. The highest BCUT2D eigenvalue weighted by molar-refractivity contribution is 7.89. The van der Waals surface area contributed by atoms with Crippen LogP contribution in [0.2, 0.25) is 0 Å². The quantitative estimate of drug-likeness (QED) is 0.306. The molecule has 0 fully saturated rings. The van der Waals surface area contributed by atoms with E-state index in [1.807, 2.05) is 47.2 Å². The number of para-hydroxylation sites is 1. The summed E-state index contributed by atoms with van der Waals surface area (Å²) in [5.41, 5.74) is 3.71. The first-order valence-electron chi connectivity index (χ1n) is 10.6. The summed E-state index contributed by atoms with van der Waals surface area (Å²) in [7, 11) is -3.78. The van der Waals surface area contributed by atoms with Gasteiger partial charge in [-0.05, 0) is 46.9 Å². The molecule has 4 aromatic rings. The van der Waals surface area contributed by atoms with Crippen molar-refractivity contribution < 1.29 is 12.8 Å². The molecule has 4 rings (SSSR count). The van der Waals surface area contributed by atoms with E-state index in [1.54, 1.807) is 24.3 Å². The molecular weight excluding hydrogens is 437 g/mol. The van der Waals surface area contributed by atoms with Crippen molar-refractivity contribution in [2.75, 3.05) is 0 Å². The predicted molar refractivity (Wildman–Crippen MR) is 130 cm³/mol. The maximum absolute atomic E-state index is 13.2. The topological polar surface area (TPSA) is 63.5 Å². The molecule has 0 atom stereocenters. The second-order valence-electron chi connectivity index (χ2n) is 8.98. The largest absolute Gasteiger partial charge is 0.342 e. The fourth-order valence-electron chi connectivity index (χ4n) is 3.65. The molecule has 0 saturated heterocycles. The standard InChI is InChI=1S/C26H26FN3O2S/c1-26(2,3)21-10-14-23(15-11-21)33(31,32)29-28-16-20-18-30(25-7-5-4-6-24(20)25)17-19-8-12-22(27)13-9-19/h4-16,18,29H,17H2,1-3H3/b28-16+. The molecule has 170 valence electrons. The average molecular weight is 464 g/mol. The molecule has 5 nitrogen and oxygen atoms in total. The van der Waals surface area contributed by atoms with Crippen LogP contribution in [0.1, 0.15) is 37.5 Å². The molecule has 33 heavy (non-hydrogen) atoms. The molecule has 0 saturated carbocycles. The van der Waals surface area contributed by atoms with Gasteiger partial charge in [-0.2, -0.15) is 13.5 Å². The van der Waals surface area contributed by atoms with Crippen LogP contribution in [0.4, 0.5) is 4.39 Å². The summed E-state index contributed by atoms with van der Waals surface area (Å²) in [4.78, 5) is 2.46.